The van der Waals surface area contributed by atoms with Crippen LogP contribution < -0.4 is 10.1 Å². The lowest BCUT2D eigenvalue weighted by molar-refractivity contribution is -0.384. The quantitative estimate of drug-likeness (QED) is 0.132. The van der Waals surface area contributed by atoms with Crippen molar-refractivity contribution in [3.63, 3.8) is 0 Å². The summed E-state index contributed by atoms with van der Waals surface area (Å²) in [6.07, 6.45) is 2.40. The van der Waals surface area contributed by atoms with E-state index in [1.165, 1.54) is 24.4 Å². The Morgan fingerprint density at radius 2 is 2.12 bits per heavy atom. The van der Waals surface area contributed by atoms with Crippen molar-refractivity contribution < 1.29 is 23.0 Å². The van der Waals surface area contributed by atoms with Crippen LogP contribution in [-0.4, -0.2) is 32.0 Å². The van der Waals surface area contributed by atoms with Gasteiger partial charge in [-0.25, -0.2) is 4.98 Å². The van der Waals surface area contributed by atoms with E-state index in [-0.39, 0.29) is 34.3 Å². The molecule has 0 fully saturated rings. The lowest BCUT2D eigenvalue weighted by Crippen LogP contribution is -2.26. The normalized spacial score (nSPS) is 13.9. The van der Waals surface area contributed by atoms with Gasteiger partial charge in [0, 0.05) is 22.5 Å². The highest BCUT2D eigenvalue weighted by molar-refractivity contribution is 9.10. The monoisotopic (exact) mass is 552 g/mol. The first-order valence-electron chi connectivity index (χ1n) is 9.14. The number of alkyl halides is 2. The third kappa shape index (κ3) is 7.26. The fourth-order valence-electron chi connectivity index (χ4n) is 2.55. The number of hydrogen-bond donors (Lipinski definition) is 1. The second kappa shape index (κ2) is 11.2. The van der Waals surface area contributed by atoms with Gasteiger partial charge in [0.25, 0.3) is 0 Å². The Labute approximate surface area is 200 Å². The first-order chi connectivity index (χ1) is 14.9. The minimum atomic E-state index is -3.09. The molecule has 2 rings (SSSR count). The van der Waals surface area contributed by atoms with Gasteiger partial charge in [-0.15, -0.1) is 0 Å². The number of pyridine rings is 1. The Hall–Kier alpha value is -2.02. The molecule has 1 heterocycles. The van der Waals surface area contributed by atoms with E-state index in [4.69, 9.17) is 11.6 Å². The Kier molecular flexibility index (Phi) is 9.19. The number of ether oxygens (including phenoxy) is 1. The average Bonchev–Trinajstić information content (AvgIpc) is 2.66. The topological polar surface area (TPSA) is 113 Å². The number of nitrogens with zero attached hydrogens (tertiary/aromatic N) is 3. The zero-order chi connectivity index (χ0) is 24.1. The Morgan fingerprint density at radius 3 is 2.72 bits per heavy atom. The van der Waals surface area contributed by atoms with Gasteiger partial charge in [0.2, 0.25) is 0 Å². The SMILES string of the molecule is CC(C)(C)[S+]([O-])N=CCC(Nc1cc(Cl)ncc1[N+](=O)[O-])c1c(Br)cccc1OC(F)F. The molecule has 2 aromatic rings. The first-order valence-corrected chi connectivity index (χ1v) is 11.4. The summed E-state index contributed by atoms with van der Waals surface area (Å²) in [5.41, 5.74) is -0.0786. The fraction of sp³-hybridized carbons (Fsp3) is 0.368. The zero-order valence-electron chi connectivity index (χ0n) is 17.2. The van der Waals surface area contributed by atoms with Gasteiger partial charge in [-0.3, -0.25) is 10.1 Å². The molecule has 0 saturated carbocycles. The molecule has 1 N–H and O–H groups in total. The largest absolute Gasteiger partial charge is 0.591 e. The molecule has 8 nitrogen and oxygen atoms in total. The van der Waals surface area contributed by atoms with Crippen LogP contribution in [0.15, 0.2) is 39.3 Å². The first kappa shape index (κ1) is 26.2. The molecular formula is C19H20BrClF2N4O4S. The molecule has 1 aromatic carbocycles. The van der Waals surface area contributed by atoms with Gasteiger partial charge in [0.1, 0.15) is 38.9 Å². The molecule has 32 heavy (non-hydrogen) atoms. The smallest absolute Gasteiger partial charge is 0.387 e. The van der Waals surface area contributed by atoms with Crippen LogP contribution >= 0.6 is 27.5 Å². The molecule has 0 aliphatic rings. The van der Waals surface area contributed by atoms with E-state index in [0.29, 0.717) is 4.47 Å². The van der Waals surface area contributed by atoms with Crippen molar-refractivity contribution >= 4 is 56.5 Å². The van der Waals surface area contributed by atoms with Crippen LogP contribution in [0.2, 0.25) is 5.15 Å². The fourth-order valence-corrected chi connectivity index (χ4v) is 3.87. The van der Waals surface area contributed by atoms with Crippen molar-refractivity contribution in [2.75, 3.05) is 5.32 Å². The van der Waals surface area contributed by atoms with E-state index >= 15 is 0 Å². The summed E-state index contributed by atoms with van der Waals surface area (Å²) < 4.78 is 46.7. The summed E-state index contributed by atoms with van der Waals surface area (Å²) in [5.74, 6) is -0.139. The summed E-state index contributed by atoms with van der Waals surface area (Å²) in [6, 6.07) is 4.88. The van der Waals surface area contributed by atoms with Crippen molar-refractivity contribution in [1.82, 2.24) is 4.98 Å². The molecule has 0 saturated heterocycles. The molecule has 2 atom stereocenters. The summed E-state index contributed by atoms with van der Waals surface area (Å²) in [4.78, 5) is 14.5. The Balaban J connectivity index is 2.52. The van der Waals surface area contributed by atoms with Crippen LogP contribution in [0.1, 0.15) is 38.8 Å². The molecule has 0 aliphatic carbocycles. The summed E-state index contributed by atoms with van der Waals surface area (Å²) in [5, 5.41) is 14.4. The van der Waals surface area contributed by atoms with E-state index < -0.39 is 33.7 Å². The van der Waals surface area contributed by atoms with Crippen LogP contribution in [-0.2, 0) is 11.4 Å². The number of nitro groups is 1. The second-order valence-electron chi connectivity index (χ2n) is 7.39. The van der Waals surface area contributed by atoms with Crippen molar-refractivity contribution in [3.05, 3.63) is 55.8 Å². The van der Waals surface area contributed by atoms with Gasteiger partial charge in [-0.1, -0.05) is 38.0 Å². The van der Waals surface area contributed by atoms with Crippen LogP contribution in [0.5, 0.6) is 5.75 Å². The van der Waals surface area contributed by atoms with Gasteiger partial charge in [0.05, 0.1) is 17.2 Å². The number of rotatable bonds is 9. The maximum Gasteiger partial charge on any atom is 0.387 e. The van der Waals surface area contributed by atoms with Gasteiger partial charge < -0.3 is 14.6 Å². The highest BCUT2D eigenvalue weighted by Gasteiger charge is 2.27. The molecule has 0 aliphatic heterocycles. The van der Waals surface area contributed by atoms with Gasteiger partial charge >= 0.3 is 12.3 Å². The standard InChI is InChI=1S/C19H20BrClF2N4O4S/c1-19(2,3)32(30)25-8-7-12(17-11(20)5-4-6-15(17)31-18(22)23)26-13-9-16(21)24-10-14(13)27(28)29/h4-6,8-10,12,18H,7H2,1-3H3,(H,24,26). The second-order valence-corrected chi connectivity index (χ2v) is 10.6. The van der Waals surface area contributed by atoms with Crippen molar-refractivity contribution in [2.24, 2.45) is 4.40 Å². The predicted molar refractivity (Wildman–Crippen MR) is 124 cm³/mol. The lowest BCUT2D eigenvalue weighted by Gasteiger charge is -2.23. The molecule has 1 aromatic heterocycles. The maximum atomic E-state index is 13.0. The van der Waals surface area contributed by atoms with E-state index in [0.717, 1.165) is 6.20 Å². The van der Waals surface area contributed by atoms with Crippen LogP contribution in [0.3, 0.4) is 0 Å². The molecule has 2 unspecified atom stereocenters. The number of anilines is 1. The van der Waals surface area contributed by atoms with Crippen LogP contribution in [0, 0.1) is 10.1 Å². The van der Waals surface area contributed by atoms with Gasteiger partial charge in [-0.05, 0) is 32.9 Å². The Morgan fingerprint density at radius 1 is 1.44 bits per heavy atom. The molecule has 174 valence electrons. The van der Waals surface area contributed by atoms with Crippen molar-refractivity contribution in [3.8, 4) is 5.75 Å². The minimum Gasteiger partial charge on any atom is -0.591 e. The molecule has 13 heteroatoms. The highest BCUT2D eigenvalue weighted by Crippen LogP contribution is 2.38. The summed E-state index contributed by atoms with van der Waals surface area (Å²) in [6.45, 7) is 2.17. The van der Waals surface area contributed by atoms with E-state index in [2.05, 4.69) is 35.4 Å². The summed E-state index contributed by atoms with van der Waals surface area (Å²) >= 11 is 7.68. The molecule has 0 spiro atoms. The number of aromatic nitrogens is 1. The van der Waals surface area contributed by atoms with Gasteiger partial charge in [0.15, 0.2) is 0 Å². The Bertz CT molecular complexity index is 994. The molecule has 0 amide bonds. The van der Waals surface area contributed by atoms with Crippen LogP contribution in [0.25, 0.3) is 0 Å². The number of benzene rings is 1. The van der Waals surface area contributed by atoms with Gasteiger partial charge in [-0.2, -0.15) is 8.78 Å². The summed E-state index contributed by atoms with van der Waals surface area (Å²) in [7, 11) is 0. The van der Waals surface area contributed by atoms with Crippen molar-refractivity contribution in [1.29, 1.82) is 0 Å². The number of nitrogens with one attached hydrogen (secondary N) is 1. The molecule has 0 bridgehead atoms. The van der Waals surface area contributed by atoms with Crippen molar-refractivity contribution in [2.45, 2.75) is 44.6 Å². The number of halogens is 4. The number of hydrogen-bond acceptors (Lipinski definition) is 7. The van der Waals surface area contributed by atoms with E-state index in [1.54, 1.807) is 26.8 Å². The molecule has 0 radical (unpaired) electrons. The third-order valence-electron chi connectivity index (χ3n) is 3.99. The molecular weight excluding hydrogens is 534 g/mol. The van der Waals surface area contributed by atoms with Crippen LogP contribution in [0.4, 0.5) is 20.2 Å². The average molecular weight is 554 g/mol. The van der Waals surface area contributed by atoms with E-state index in [9.17, 15) is 23.4 Å². The zero-order valence-corrected chi connectivity index (χ0v) is 20.4. The minimum absolute atomic E-state index is 0.00413. The predicted octanol–water partition coefficient (Wildman–Crippen LogP) is 6.08. The lowest BCUT2D eigenvalue weighted by atomic mass is 10.0. The van der Waals surface area contributed by atoms with E-state index in [1.807, 2.05) is 0 Å². The third-order valence-corrected chi connectivity index (χ3v) is 6.28. The highest BCUT2D eigenvalue weighted by atomic mass is 79.9. The maximum absolute atomic E-state index is 13.0.